The first kappa shape index (κ1) is 14.1. The van der Waals surface area contributed by atoms with Crippen LogP contribution in [-0.4, -0.2) is 7.28 Å². The Balaban J connectivity index is 3.94. The number of hydrogen-bond acceptors (Lipinski definition) is 0. The molecule has 0 rings (SSSR count). The van der Waals surface area contributed by atoms with Crippen LogP contribution in [0.2, 0.25) is 12.1 Å². The lowest BCUT2D eigenvalue weighted by Gasteiger charge is -2.26. The highest BCUT2D eigenvalue weighted by atomic mass is 14.1. The molecule has 1 unspecified atom stereocenters. The van der Waals surface area contributed by atoms with Gasteiger partial charge in [0.25, 0.3) is 0 Å². The summed E-state index contributed by atoms with van der Waals surface area (Å²) in [5.74, 6) is 4.32. The van der Waals surface area contributed by atoms with Crippen LogP contribution in [0.4, 0.5) is 0 Å². The van der Waals surface area contributed by atoms with Crippen molar-refractivity contribution in [2.75, 3.05) is 0 Å². The van der Waals surface area contributed by atoms with E-state index in [1.54, 1.807) is 0 Å². The Kier molecular flexibility index (Phi) is 6.56. The summed E-state index contributed by atoms with van der Waals surface area (Å²) in [4.78, 5) is 0. The highest BCUT2D eigenvalue weighted by Gasteiger charge is 2.20. The molecule has 0 heterocycles. The fraction of sp³-hybridized carbons (Fsp3) is 1.00. The largest absolute Gasteiger partial charge is 0.125 e. The Labute approximate surface area is 92.1 Å². The van der Waals surface area contributed by atoms with E-state index in [4.69, 9.17) is 0 Å². The molecule has 0 aromatic rings. The van der Waals surface area contributed by atoms with Crippen molar-refractivity contribution < 1.29 is 0 Å². The van der Waals surface area contributed by atoms with Crippen molar-refractivity contribution in [3.8, 4) is 0 Å². The van der Waals surface area contributed by atoms with Gasteiger partial charge in [-0.2, -0.15) is 0 Å². The summed E-state index contributed by atoms with van der Waals surface area (Å²) < 4.78 is 0. The molecule has 0 aromatic heterocycles. The third-order valence-electron chi connectivity index (χ3n) is 3.81. The van der Waals surface area contributed by atoms with Crippen molar-refractivity contribution in [3.05, 3.63) is 0 Å². The van der Waals surface area contributed by atoms with Crippen LogP contribution in [0, 0.1) is 23.7 Å². The summed E-state index contributed by atoms with van der Waals surface area (Å²) >= 11 is 0. The van der Waals surface area contributed by atoms with Crippen molar-refractivity contribution in [3.63, 3.8) is 0 Å². The predicted molar refractivity (Wildman–Crippen MR) is 69.4 cm³/mol. The van der Waals surface area contributed by atoms with Gasteiger partial charge in [0.1, 0.15) is 7.28 Å². The van der Waals surface area contributed by atoms with E-state index in [1.807, 2.05) is 0 Å². The normalized spacial score (nSPS) is 14.5. The van der Waals surface area contributed by atoms with Crippen LogP contribution in [0.15, 0.2) is 0 Å². The standard InChI is InChI=1S/C13H29B/c1-9(2)12(7)8-14-13(10(3)4)11(5)6/h9-14H,8H2,1-7H3. The van der Waals surface area contributed by atoms with E-state index in [-0.39, 0.29) is 0 Å². The van der Waals surface area contributed by atoms with Crippen LogP contribution in [0.3, 0.4) is 0 Å². The molecule has 1 atom stereocenters. The molecule has 0 nitrogen and oxygen atoms in total. The third-order valence-corrected chi connectivity index (χ3v) is 3.81. The van der Waals surface area contributed by atoms with Gasteiger partial charge >= 0.3 is 0 Å². The van der Waals surface area contributed by atoms with Crippen LogP contribution < -0.4 is 0 Å². The molecule has 0 fully saturated rings. The van der Waals surface area contributed by atoms with Gasteiger partial charge in [-0.25, -0.2) is 0 Å². The second-order valence-electron chi connectivity index (χ2n) is 5.95. The molecule has 0 aliphatic heterocycles. The monoisotopic (exact) mass is 196 g/mol. The van der Waals surface area contributed by atoms with E-state index < -0.39 is 0 Å². The van der Waals surface area contributed by atoms with E-state index in [2.05, 4.69) is 48.5 Å². The molecular weight excluding hydrogens is 167 g/mol. The van der Waals surface area contributed by atoms with Crippen LogP contribution in [-0.2, 0) is 0 Å². The van der Waals surface area contributed by atoms with Crippen molar-refractivity contribution in [2.24, 2.45) is 23.7 Å². The highest BCUT2D eigenvalue weighted by Crippen LogP contribution is 2.28. The molecule has 0 saturated carbocycles. The van der Waals surface area contributed by atoms with Crippen molar-refractivity contribution in [2.45, 2.75) is 60.6 Å². The first-order chi connectivity index (χ1) is 6.36. The molecule has 1 heteroatoms. The zero-order valence-electron chi connectivity index (χ0n) is 11.3. The van der Waals surface area contributed by atoms with Gasteiger partial charge in [0.2, 0.25) is 0 Å². The van der Waals surface area contributed by atoms with E-state index in [1.165, 1.54) is 13.6 Å². The zero-order valence-corrected chi connectivity index (χ0v) is 11.3. The van der Waals surface area contributed by atoms with Gasteiger partial charge in [0.15, 0.2) is 0 Å². The highest BCUT2D eigenvalue weighted by molar-refractivity contribution is 6.37. The summed E-state index contributed by atoms with van der Waals surface area (Å²) in [5.41, 5.74) is 0. The van der Waals surface area contributed by atoms with Crippen LogP contribution in [0.1, 0.15) is 48.5 Å². The molecule has 14 heavy (non-hydrogen) atoms. The fourth-order valence-corrected chi connectivity index (χ4v) is 2.23. The van der Waals surface area contributed by atoms with Gasteiger partial charge < -0.3 is 0 Å². The Morgan fingerprint density at radius 2 is 1.14 bits per heavy atom. The van der Waals surface area contributed by atoms with Gasteiger partial charge in [-0.3, -0.25) is 0 Å². The average molecular weight is 196 g/mol. The van der Waals surface area contributed by atoms with Gasteiger partial charge in [-0.1, -0.05) is 72.4 Å². The maximum absolute atomic E-state index is 2.39. The zero-order chi connectivity index (χ0) is 11.3. The van der Waals surface area contributed by atoms with E-state index in [9.17, 15) is 0 Å². The van der Waals surface area contributed by atoms with E-state index in [0.29, 0.717) is 0 Å². The van der Waals surface area contributed by atoms with Crippen LogP contribution in [0.5, 0.6) is 0 Å². The Hall–Kier alpha value is 0.0649. The first-order valence-electron chi connectivity index (χ1n) is 6.36. The summed E-state index contributed by atoms with van der Waals surface area (Å²) in [6.07, 6.45) is 1.40. The average Bonchev–Trinajstić information content (AvgIpc) is 2.02. The molecule has 0 N–H and O–H groups in total. The lowest BCUT2D eigenvalue weighted by molar-refractivity contribution is 0.434. The Morgan fingerprint density at radius 3 is 1.43 bits per heavy atom. The Bertz CT molecular complexity index is 130. The smallest absolute Gasteiger partial charge is 0.0743 e. The van der Waals surface area contributed by atoms with Gasteiger partial charge in [-0.15, -0.1) is 0 Å². The van der Waals surface area contributed by atoms with Crippen molar-refractivity contribution >= 4 is 7.28 Å². The molecule has 0 aromatic carbocycles. The maximum Gasteiger partial charge on any atom is 0.125 e. The van der Waals surface area contributed by atoms with Gasteiger partial charge in [-0.05, 0) is 11.8 Å². The van der Waals surface area contributed by atoms with E-state index >= 15 is 0 Å². The molecule has 0 spiro atoms. The number of hydrogen-bond donors (Lipinski definition) is 0. The maximum atomic E-state index is 2.39. The summed E-state index contributed by atoms with van der Waals surface area (Å²) in [5, 5.41) is 0. The molecule has 0 saturated heterocycles. The summed E-state index contributed by atoms with van der Waals surface area (Å²) in [6.45, 7) is 16.5. The molecular formula is C13H29B. The molecule has 0 radical (unpaired) electrons. The lowest BCUT2D eigenvalue weighted by atomic mass is 9.51. The lowest BCUT2D eigenvalue weighted by Crippen LogP contribution is -2.19. The minimum atomic E-state index is 0.842. The quantitative estimate of drug-likeness (QED) is 0.557. The number of rotatable bonds is 6. The third kappa shape index (κ3) is 5.07. The van der Waals surface area contributed by atoms with E-state index in [0.717, 1.165) is 29.5 Å². The fourth-order valence-electron chi connectivity index (χ4n) is 2.23. The van der Waals surface area contributed by atoms with Crippen molar-refractivity contribution in [1.82, 2.24) is 0 Å². The minimum Gasteiger partial charge on any atom is -0.0743 e. The molecule has 0 aliphatic rings. The van der Waals surface area contributed by atoms with Crippen LogP contribution in [0.25, 0.3) is 0 Å². The Morgan fingerprint density at radius 1 is 0.714 bits per heavy atom. The van der Waals surface area contributed by atoms with Gasteiger partial charge in [0.05, 0.1) is 0 Å². The second kappa shape index (κ2) is 6.53. The summed E-state index contributed by atoms with van der Waals surface area (Å²) in [7, 11) is 1.41. The molecule has 0 bridgehead atoms. The topological polar surface area (TPSA) is 0 Å². The van der Waals surface area contributed by atoms with Gasteiger partial charge in [0, 0.05) is 0 Å². The molecule has 84 valence electrons. The predicted octanol–water partition coefficient (Wildman–Crippen LogP) is 4.23. The second-order valence-corrected chi connectivity index (χ2v) is 5.95. The molecule has 0 aliphatic carbocycles. The minimum absolute atomic E-state index is 0.842. The molecule has 0 amide bonds. The first-order valence-corrected chi connectivity index (χ1v) is 6.36. The SMILES string of the molecule is CC(C)C(C)CBC(C(C)C)C(C)C. The summed E-state index contributed by atoms with van der Waals surface area (Å²) in [6, 6.07) is 0. The van der Waals surface area contributed by atoms with Crippen LogP contribution >= 0.6 is 0 Å². The van der Waals surface area contributed by atoms with Crippen molar-refractivity contribution in [1.29, 1.82) is 0 Å².